The summed E-state index contributed by atoms with van der Waals surface area (Å²) in [6, 6.07) is 17.5. The largest absolute Gasteiger partial charge is 0.346 e. The van der Waals surface area contributed by atoms with E-state index in [1.807, 2.05) is 37.3 Å². The van der Waals surface area contributed by atoms with Gasteiger partial charge in [-0.05, 0) is 55.7 Å². The number of hydrogen-bond acceptors (Lipinski definition) is 4. The van der Waals surface area contributed by atoms with Crippen molar-refractivity contribution in [2.24, 2.45) is 0 Å². The molecule has 0 radical (unpaired) electrons. The van der Waals surface area contributed by atoms with Gasteiger partial charge < -0.3 is 4.90 Å². The fourth-order valence-corrected chi connectivity index (χ4v) is 4.63. The van der Waals surface area contributed by atoms with Crippen LogP contribution in [0.1, 0.15) is 47.6 Å². The Labute approximate surface area is 202 Å². The molecule has 4 aromatic rings. The van der Waals surface area contributed by atoms with Gasteiger partial charge in [0.05, 0.1) is 12.2 Å². The van der Waals surface area contributed by atoms with E-state index >= 15 is 0 Å². The first-order chi connectivity index (χ1) is 17.0. The predicted octanol–water partition coefficient (Wildman–Crippen LogP) is 3.66. The predicted molar refractivity (Wildman–Crippen MR) is 130 cm³/mol. The Hall–Kier alpha value is -4.01. The summed E-state index contributed by atoms with van der Waals surface area (Å²) >= 11 is 0. The quantitative estimate of drug-likeness (QED) is 0.462. The van der Waals surface area contributed by atoms with Crippen molar-refractivity contribution in [2.45, 2.75) is 38.8 Å². The minimum Gasteiger partial charge on any atom is -0.337 e. The summed E-state index contributed by atoms with van der Waals surface area (Å²) in [6.07, 6.45) is 1.46. The molecule has 0 atom stereocenters. The van der Waals surface area contributed by atoms with Gasteiger partial charge in [-0.3, -0.25) is 14.5 Å². The second-order valence-corrected chi connectivity index (χ2v) is 8.77. The fraction of sp³-hybridized carbons (Fsp3) is 0.308. The molecular formula is C26H27FN6O2. The van der Waals surface area contributed by atoms with E-state index in [2.05, 4.69) is 10.2 Å². The molecule has 1 aliphatic rings. The van der Waals surface area contributed by atoms with Crippen molar-refractivity contribution in [3.63, 3.8) is 0 Å². The van der Waals surface area contributed by atoms with E-state index in [1.54, 1.807) is 27.7 Å². The fourth-order valence-electron chi connectivity index (χ4n) is 4.63. The minimum atomic E-state index is -0.318. The van der Waals surface area contributed by atoms with Crippen LogP contribution in [0.5, 0.6) is 0 Å². The van der Waals surface area contributed by atoms with Gasteiger partial charge in [-0.2, -0.15) is 10.2 Å². The molecule has 2 aromatic heterocycles. The van der Waals surface area contributed by atoms with Gasteiger partial charge in [0.15, 0.2) is 0 Å². The van der Waals surface area contributed by atoms with Crippen molar-refractivity contribution >= 4 is 5.91 Å². The molecule has 5 rings (SSSR count). The standard InChI is InChI=1S/C26H27FN6O2/c1-2-32-24(30-33(26(32)35)17-18-6-4-3-5-7-18)20-12-14-31(15-13-20)25(34)23-16-22(28-29-23)19-8-10-21(27)11-9-19/h3-11,16,20H,2,12-15,17H2,1H3,(H,28,29). The highest BCUT2D eigenvalue weighted by Gasteiger charge is 2.29. The Morgan fingerprint density at radius 3 is 2.49 bits per heavy atom. The van der Waals surface area contributed by atoms with Crippen LogP contribution in [0.2, 0.25) is 0 Å². The van der Waals surface area contributed by atoms with Crippen LogP contribution in [0.25, 0.3) is 11.3 Å². The van der Waals surface area contributed by atoms with E-state index in [0.29, 0.717) is 37.6 Å². The number of aromatic nitrogens is 5. The summed E-state index contributed by atoms with van der Waals surface area (Å²) in [5.41, 5.74) is 2.67. The molecule has 8 nitrogen and oxygen atoms in total. The lowest BCUT2D eigenvalue weighted by Crippen LogP contribution is -2.38. The third-order valence-corrected chi connectivity index (χ3v) is 6.54. The van der Waals surface area contributed by atoms with Crippen LogP contribution in [-0.2, 0) is 13.1 Å². The Morgan fingerprint density at radius 1 is 1.09 bits per heavy atom. The molecule has 1 N–H and O–H groups in total. The molecule has 1 amide bonds. The van der Waals surface area contributed by atoms with E-state index < -0.39 is 0 Å². The number of H-pyrrole nitrogens is 1. The molecule has 180 valence electrons. The summed E-state index contributed by atoms with van der Waals surface area (Å²) in [5, 5.41) is 11.7. The Kier molecular flexibility index (Phi) is 6.31. The molecule has 0 unspecified atom stereocenters. The van der Waals surface area contributed by atoms with Gasteiger partial charge in [-0.1, -0.05) is 30.3 Å². The SMILES string of the molecule is CCn1c(C2CCN(C(=O)c3cc(-c4ccc(F)cc4)n[nH]3)CC2)nn(Cc2ccccc2)c1=O. The Balaban J connectivity index is 1.26. The maximum Gasteiger partial charge on any atom is 0.346 e. The number of piperidine rings is 1. The van der Waals surface area contributed by atoms with Crippen LogP contribution in [0, 0.1) is 5.82 Å². The van der Waals surface area contributed by atoms with Crippen LogP contribution >= 0.6 is 0 Å². The summed E-state index contributed by atoms with van der Waals surface area (Å²) < 4.78 is 16.5. The number of nitrogens with one attached hydrogen (secondary N) is 1. The molecule has 2 aromatic carbocycles. The van der Waals surface area contributed by atoms with E-state index in [-0.39, 0.29) is 23.3 Å². The van der Waals surface area contributed by atoms with Crippen molar-refractivity contribution in [1.29, 1.82) is 0 Å². The van der Waals surface area contributed by atoms with E-state index in [0.717, 1.165) is 29.8 Å². The zero-order valence-corrected chi connectivity index (χ0v) is 19.5. The maximum atomic E-state index is 13.2. The molecule has 0 saturated carbocycles. The highest BCUT2D eigenvalue weighted by molar-refractivity contribution is 5.93. The topological polar surface area (TPSA) is 88.8 Å². The molecule has 3 heterocycles. The second kappa shape index (κ2) is 9.69. The van der Waals surface area contributed by atoms with Crippen molar-refractivity contribution in [2.75, 3.05) is 13.1 Å². The van der Waals surface area contributed by atoms with Crippen LogP contribution in [0.15, 0.2) is 65.5 Å². The Bertz CT molecular complexity index is 1370. The average Bonchev–Trinajstić information content (AvgIpc) is 3.50. The monoisotopic (exact) mass is 474 g/mol. The molecule has 0 spiro atoms. The van der Waals surface area contributed by atoms with Crippen molar-refractivity contribution in [3.05, 3.63) is 94.0 Å². The minimum absolute atomic E-state index is 0.101. The summed E-state index contributed by atoms with van der Waals surface area (Å²) in [6.45, 7) is 4.08. The molecule has 1 fully saturated rings. The lowest BCUT2D eigenvalue weighted by Gasteiger charge is -2.31. The van der Waals surface area contributed by atoms with Gasteiger partial charge in [0.2, 0.25) is 0 Å². The number of halogens is 1. The van der Waals surface area contributed by atoms with Gasteiger partial charge in [-0.15, -0.1) is 0 Å². The zero-order valence-electron chi connectivity index (χ0n) is 19.5. The van der Waals surface area contributed by atoms with Gasteiger partial charge in [0.25, 0.3) is 5.91 Å². The Morgan fingerprint density at radius 2 is 1.80 bits per heavy atom. The van der Waals surface area contributed by atoms with Gasteiger partial charge in [0.1, 0.15) is 17.3 Å². The molecular weight excluding hydrogens is 447 g/mol. The van der Waals surface area contributed by atoms with Crippen LogP contribution in [0.3, 0.4) is 0 Å². The van der Waals surface area contributed by atoms with Crippen molar-refractivity contribution in [1.82, 2.24) is 29.4 Å². The van der Waals surface area contributed by atoms with Gasteiger partial charge >= 0.3 is 5.69 Å². The summed E-state index contributed by atoms with van der Waals surface area (Å²) in [5.74, 6) is 0.467. The van der Waals surface area contributed by atoms with Crippen molar-refractivity contribution in [3.8, 4) is 11.3 Å². The number of aromatic amines is 1. The van der Waals surface area contributed by atoms with Gasteiger partial charge in [-0.25, -0.2) is 13.9 Å². The molecule has 35 heavy (non-hydrogen) atoms. The third-order valence-electron chi connectivity index (χ3n) is 6.54. The highest BCUT2D eigenvalue weighted by Crippen LogP contribution is 2.27. The third kappa shape index (κ3) is 4.66. The number of likely N-dealkylation sites (tertiary alicyclic amines) is 1. The van der Waals surface area contributed by atoms with Crippen LogP contribution < -0.4 is 5.69 Å². The number of benzene rings is 2. The van der Waals surface area contributed by atoms with Crippen molar-refractivity contribution < 1.29 is 9.18 Å². The molecule has 1 aliphatic heterocycles. The molecule has 1 saturated heterocycles. The lowest BCUT2D eigenvalue weighted by molar-refractivity contribution is 0.0704. The average molecular weight is 475 g/mol. The first-order valence-corrected chi connectivity index (χ1v) is 11.9. The lowest BCUT2D eigenvalue weighted by atomic mass is 9.95. The number of nitrogens with zero attached hydrogens (tertiary/aromatic N) is 5. The zero-order chi connectivity index (χ0) is 24.4. The highest BCUT2D eigenvalue weighted by atomic mass is 19.1. The number of carbonyl (C=O) groups excluding carboxylic acids is 1. The normalized spacial score (nSPS) is 14.4. The number of carbonyl (C=O) groups is 1. The number of amides is 1. The first kappa shape index (κ1) is 22.8. The molecule has 9 heteroatoms. The second-order valence-electron chi connectivity index (χ2n) is 8.77. The number of hydrogen-bond donors (Lipinski definition) is 1. The van der Waals surface area contributed by atoms with E-state index in [1.165, 1.54) is 16.8 Å². The van der Waals surface area contributed by atoms with Crippen LogP contribution in [0.4, 0.5) is 4.39 Å². The first-order valence-electron chi connectivity index (χ1n) is 11.9. The van der Waals surface area contributed by atoms with E-state index in [4.69, 9.17) is 5.10 Å². The summed E-state index contributed by atoms with van der Waals surface area (Å²) in [7, 11) is 0. The van der Waals surface area contributed by atoms with E-state index in [9.17, 15) is 14.0 Å². The van der Waals surface area contributed by atoms with Gasteiger partial charge in [0, 0.05) is 31.1 Å². The van der Waals surface area contributed by atoms with Crippen LogP contribution in [-0.4, -0.2) is 48.4 Å². The summed E-state index contributed by atoms with van der Waals surface area (Å²) in [4.78, 5) is 27.8. The maximum absolute atomic E-state index is 13.2. The molecule has 0 aliphatic carbocycles. The number of rotatable bonds is 6. The molecule has 0 bridgehead atoms. The smallest absolute Gasteiger partial charge is 0.337 e.